The molecule has 3 rings (SSSR count). The van der Waals surface area contributed by atoms with Crippen molar-refractivity contribution in [2.75, 3.05) is 5.73 Å². The van der Waals surface area contributed by atoms with Gasteiger partial charge < -0.3 is 5.73 Å². The monoisotopic (exact) mass is 349 g/mol. The molecule has 102 valence electrons. The van der Waals surface area contributed by atoms with Crippen LogP contribution in [0.3, 0.4) is 0 Å². The number of aryl methyl sites for hydroxylation is 1. The molecular formula is C14H12BrN3OS. The lowest BCUT2D eigenvalue weighted by atomic mass is 10.2. The highest BCUT2D eigenvalue weighted by Gasteiger charge is 2.09. The zero-order valence-electron chi connectivity index (χ0n) is 10.8. The van der Waals surface area contributed by atoms with Gasteiger partial charge in [0, 0.05) is 10.2 Å². The van der Waals surface area contributed by atoms with E-state index < -0.39 is 0 Å². The van der Waals surface area contributed by atoms with E-state index in [0.717, 1.165) is 21.1 Å². The molecule has 6 heteroatoms. The predicted molar refractivity (Wildman–Crippen MR) is 86.3 cm³/mol. The fourth-order valence-electron chi connectivity index (χ4n) is 2.06. The maximum absolute atomic E-state index is 12.4. The third-order valence-corrected chi connectivity index (χ3v) is 4.93. The highest BCUT2D eigenvalue weighted by atomic mass is 79.9. The summed E-state index contributed by atoms with van der Waals surface area (Å²) in [7, 11) is 0. The molecular weight excluding hydrogens is 338 g/mol. The molecule has 0 amide bonds. The summed E-state index contributed by atoms with van der Waals surface area (Å²) in [5, 5.41) is 1.96. The number of hydrogen-bond acceptors (Lipinski definition) is 4. The van der Waals surface area contributed by atoms with Crippen LogP contribution in [0.2, 0.25) is 0 Å². The lowest BCUT2D eigenvalue weighted by Gasteiger charge is -2.07. The third-order valence-electron chi connectivity index (χ3n) is 3.14. The summed E-state index contributed by atoms with van der Waals surface area (Å²) < 4.78 is 3.17. The Hall–Kier alpha value is -1.66. The maximum Gasteiger partial charge on any atom is 0.271 e. The van der Waals surface area contributed by atoms with Gasteiger partial charge in [0.2, 0.25) is 0 Å². The van der Waals surface area contributed by atoms with Crippen LogP contribution in [-0.4, -0.2) is 9.55 Å². The van der Waals surface area contributed by atoms with Gasteiger partial charge in [-0.3, -0.25) is 9.36 Å². The van der Waals surface area contributed by atoms with Crippen molar-refractivity contribution >= 4 is 43.2 Å². The number of benzene rings is 1. The molecule has 2 aromatic heterocycles. The maximum atomic E-state index is 12.4. The largest absolute Gasteiger partial charge is 0.398 e. The average molecular weight is 350 g/mol. The van der Waals surface area contributed by atoms with Crippen LogP contribution in [0.5, 0.6) is 0 Å². The molecule has 0 radical (unpaired) electrons. The zero-order valence-corrected chi connectivity index (χ0v) is 13.2. The molecule has 3 aromatic rings. The molecule has 0 fully saturated rings. The molecule has 0 aliphatic rings. The van der Waals surface area contributed by atoms with E-state index in [1.807, 2.05) is 30.5 Å². The Labute approximate surface area is 128 Å². The second kappa shape index (κ2) is 5.03. The van der Waals surface area contributed by atoms with Crippen LogP contribution in [0.25, 0.3) is 10.2 Å². The summed E-state index contributed by atoms with van der Waals surface area (Å²) in [4.78, 5) is 16.8. The number of nitrogen functional groups attached to an aromatic ring is 1. The average Bonchev–Trinajstić information content (AvgIpc) is 2.80. The number of rotatable bonds is 2. The molecule has 0 atom stereocenters. The Bertz CT molecular complexity index is 853. The summed E-state index contributed by atoms with van der Waals surface area (Å²) in [6.07, 6.45) is 1.60. The van der Waals surface area contributed by atoms with Crippen molar-refractivity contribution in [1.82, 2.24) is 9.55 Å². The minimum absolute atomic E-state index is 0.00501. The molecule has 0 unspecified atom stereocenters. The second-order valence-corrected chi connectivity index (χ2v) is 6.36. The normalized spacial score (nSPS) is 11.1. The van der Waals surface area contributed by atoms with Crippen LogP contribution in [0.1, 0.15) is 11.1 Å². The van der Waals surface area contributed by atoms with Gasteiger partial charge in [-0.25, -0.2) is 4.98 Å². The number of aromatic nitrogens is 2. The van der Waals surface area contributed by atoms with Crippen molar-refractivity contribution in [3.05, 3.63) is 55.9 Å². The van der Waals surface area contributed by atoms with Gasteiger partial charge in [-0.1, -0.05) is 6.07 Å². The second-order valence-electron chi connectivity index (χ2n) is 4.63. The molecule has 0 aliphatic heterocycles. The molecule has 0 aliphatic carbocycles. The van der Waals surface area contributed by atoms with E-state index in [-0.39, 0.29) is 5.56 Å². The van der Waals surface area contributed by atoms with Gasteiger partial charge in [0.15, 0.2) is 0 Å². The minimum atomic E-state index is -0.00501. The number of anilines is 1. The highest BCUT2D eigenvalue weighted by molar-refractivity contribution is 9.10. The van der Waals surface area contributed by atoms with Gasteiger partial charge in [0.05, 0.1) is 18.4 Å². The fraction of sp³-hybridized carbons (Fsp3) is 0.143. The summed E-state index contributed by atoms with van der Waals surface area (Å²) in [5.74, 6) is 0. The Morgan fingerprint density at radius 2 is 2.25 bits per heavy atom. The van der Waals surface area contributed by atoms with E-state index >= 15 is 0 Å². The van der Waals surface area contributed by atoms with E-state index in [1.165, 1.54) is 11.3 Å². The highest BCUT2D eigenvalue weighted by Crippen LogP contribution is 2.22. The van der Waals surface area contributed by atoms with Crippen molar-refractivity contribution in [2.45, 2.75) is 13.5 Å². The van der Waals surface area contributed by atoms with Crippen LogP contribution in [0.15, 0.2) is 39.2 Å². The lowest BCUT2D eigenvalue weighted by Crippen LogP contribution is -2.20. The van der Waals surface area contributed by atoms with Gasteiger partial charge >= 0.3 is 0 Å². The molecule has 2 heterocycles. The topological polar surface area (TPSA) is 60.9 Å². The number of nitrogens with zero attached hydrogens (tertiary/aromatic N) is 2. The Morgan fingerprint density at radius 1 is 1.45 bits per heavy atom. The Kier molecular flexibility index (Phi) is 3.35. The van der Waals surface area contributed by atoms with Crippen LogP contribution in [0.4, 0.5) is 5.69 Å². The van der Waals surface area contributed by atoms with E-state index in [1.54, 1.807) is 10.9 Å². The molecule has 2 N–H and O–H groups in total. The standard InChI is InChI=1S/C14H12BrN3OS/c1-8-6-20-13-12(8)17-7-18(14(13)19)5-9-2-3-10(15)11(16)4-9/h2-4,6-7H,5,16H2,1H3. The van der Waals surface area contributed by atoms with Crippen molar-refractivity contribution in [3.63, 3.8) is 0 Å². The van der Waals surface area contributed by atoms with E-state index in [2.05, 4.69) is 20.9 Å². The van der Waals surface area contributed by atoms with Gasteiger partial charge in [-0.2, -0.15) is 0 Å². The van der Waals surface area contributed by atoms with Gasteiger partial charge in [-0.05, 0) is 51.5 Å². The lowest BCUT2D eigenvalue weighted by molar-refractivity contribution is 0.750. The first-order valence-electron chi connectivity index (χ1n) is 6.03. The first-order chi connectivity index (χ1) is 9.56. The van der Waals surface area contributed by atoms with Crippen LogP contribution in [-0.2, 0) is 6.54 Å². The molecule has 1 aromatic carbocycles. The predicted octanol–water partition coefficient (Wildman–Crippen LogP) is 3.16. The van der Waals surface area contributed by atoms with Crippen LogP contribution < -0.4 is 11.3 Å². The van der Waals surface area contributed by atoms with Crippen LogP contribution in [0, 0.1) is 6.92 Å². The summed E-state index contributed by atoms with van der Waals surface area (Å²) in [6.45, 7) is 2.43. The van der Waals surface area contributed by atoms with Crippen molar-refractivity contribution in [2.24, 2.45) is 0 Å². The first-order valence-corrected chi connectivity index (χ1v) is 7.70. The fourth-order valence-corrected chi connectivity index (χ4v) is 3.26. The van der Waals surface area contributed by atoms with E-state index in [4.69, 9.17) is 5.73 Å². The quantitative estimate of drug-likeness (QED) is 0.723. The SMILES string of the molecule is Cc1csc2c(=O)n(Cc3ccc(Br)c(N)c3)cnc12. The van der Waals surface area contributed by atoms with E-state index in [9.17, 15) is 4.79 Å². The summed E-state index contributed by atoms with van der Waals surface area (Å²) in [6, 6.07) is 5.69. The first kappa shape index (κ1) is 13.3. The third kappa shape index (κ3) is 2.25. The molecule has 0 bridgehead atoms. The van der Waals surface area contributed by atoms with Gasteiger partial charge in [0.1, 0.15) is 4.70 Å². The number of thiophene rings is 1. The van der Waals surface area contributed by atoms with Crippen LogP contribution >= 0.6 is 27.3 Å². The molecule has 0 saturated heterocycles. The van der Waals surface area contributed by atoms with E-state index in [0.29, 0.717) is 16.9 Å². The number of fused-ring (bicyclic) bond motifs is 1. The molecule has 20 heavy (non-hydrogen) atoms. The number of nitrogens with two attached hydrogens (primary N) is 1. The van der Waals surface area contributed by atoms with Gasteiger partial charge in [-0.15, -0.1) is 11.3 Å². The van der Waals surface area contributed by atoms with Crippen molar-refractivity contribution in [1.29, 1.82) is 0 Å². The zero-order chi connectivity index (χ0) is 14.3. The van der Waals surface area contributed by atoms with Crippen molar-refractivity contribution < 1.29 is 0 Å². The molecule has 0 spiro atoms. The number of hydrogen-bond donors (Lipinski definition) is 1. The van der Waals surface area contributed by atoms with Gasteiger partial charge in [0.25, 0.3) is 5.56 Å². The minimum Gasteiger partial charge on any atom is -0.398 e. The van der Waals surface area contributed by atoms with Crippen molar-refractivity contribution in [3.8, 4) is 0 Å². The molecule has 4 nitrogen and oxygen atoms in total. The molecule has 0 saturated carbocycles. The summed E-state index contributed by atoms with van der Waals surface area (Å²) >= 11 is 4.80. The smallest absolute Gasteiger partial charge is 0.271 e. The Morgan fingerprint density at radius 3 is 3.00 bits per heavy atom. The number of halogens is 1. The summed E-state index contributed by atoms with van der Waals surface area (Å²) in [5.41, 5.74) is 9.33. The Balaban J connectivity index is 2.04.